The summed E-state index contributed by atoms with van der Waals surface area (Å²) in [5.74, 6) is 0.469. The number of nitro groups is 1. The van der Waals surface area contributed by atoms with Crippen LogP contribution in [0.1, 0.15) is 0 Å². The second-order valence-electron chi connectivity index (χ2n) is 2.67. The van der Waals surface area contributed by atoms with E-state index in [0.29, 0.717) is 5.82 Å². The van der Waals surface area contributed by atoms with E-state index in [1.807, 2.05) is 0 Å². The Bertz CT molecular complexity index is 488. The molecule has 0 fully saturated rings. The predicted molar refractivity (Wildman–Crippen MR) is 49.8 cm³/mol. The predicted octanol–water partition coefficient (Wildman–Crippen LogP) is 0.810. The summed E-state index contributed by atoms with van der Waals surface area (Å²) < 4.78 is 6.23. The Morgan fingerprint density at radius 3 is 2.93 bits per heavy atom. The molecule has 0 aliphatic carbocycles. The van der Waals surface area contributed by atoms with Crippen molar-refractivity contribution in [2.45, 2.75) is 0 Å². The molecular weight excluding hydrogens is 202 g/mol. The fourth-order valence-electron chi connectivity index (χ4n) is 1.03. The van der Waals surface area contributed by atoms with Crippen LogP contribution in [0.3, 0.4) is 0 Å². The van der Waals surface area contributed by atoms with Gasteiger partial charge in [-0.25, -0.2) is 0 Å². The molecule has 0 aromatic carbocycles. The number of hydrogen-bond acceptors (Lipinski definition) is 6. The van der Waals surface area contributed by atoms with E-state index in [1.54, 1.807) is 13.2 Å². The molecule has 1 N–H and O–H groups in total. The molecule has 78 valence electrons. The highest BCUT2D eigenvalue weighted by atomic mass is 16.6. The zero-order chi connectivity index (χ0) is 10.8. The van der Waals surface area contributed by atoms with Crippen LogP contribution < -0.4 is 5.32 Å². The van der Waals surface area contributed by atoms with E-state index in [9.17, 15) is 10.1 Å². The molecule has 0 spiro atoms. The summed E-state index contributed by atoms with van der Waals surface area (Å²) >= 11 is 0. The summed E-state index contributed by atoms with van der Waals surface area (Å²) in [4.78, 5) is 9.75. The van der Waals surface area contributed by atoms with Gasteiger partial charge >= 0.3 is 5.88 Å². The zero-order valence-electron chi connectivity index (χ0n) is 7.75. The molecule has 2 rings (SSSR count). The van der Waals surface area contributed by atoms with E-state index in [2.05, 4.69) is 15.6 Å². The van der Waals surface area contributed by atoms with Gasteiger partial charge in [0.15, 0.2) is 5.82 Å². The third-order valence-corrected chi connectivity index (χ3v) is 1.73. The van der Waals surface area contributed by atoms with Gasteiger partial charge in [-0.2, -0.15) is 4.68 Å². The molecule has 0 radical (unpaired) electrons. The molecule has 8 nitrogen and oxygen atoms in total. The number of aromatic nitrogens is 3. The summed E-state index contributed by atoms with van der Waals surface area (Å²) in [5.41, 5.74) is 0. The molecule has 0 aliphatic rings. The molecule has 0 atom stereocenters. The van der Waals surface area contributed by atoms with Crippen molar-refractivity contribution in [3.8, 4) is 5.88 Å². The quantitative estimate of drug-likeness (QED) is 0.593. The minimum atomic E-state index is -0.612. The van der Waals surface area contributed by atoms with Crippen LogP contribution in [0.5, 0.6) is 0 Å². The van der Waals surface area contributed by atoms with Crippen molar-refractivity contribution in [1.82, 2.24) is 15.0 Å². The Hall–Kier alpha value is -2.38. The maximum absolute atomic E-state index is 10.4. The first-order chi connectivity index (χ1) is 7.20. The third-order valence-electron chi connectivity index (χ3n) is 1.73. The average molecular weight is 209 g/mol. The van der Waals surface area contributed by atoms with Gasteiger partial charge in [0, 0.05) is 13.1 Å². The Kier molecular flexibility index (Phi) is 2.08. The first kappa shape index (κ1) is 9.19. The molecule has 0 saturated carbocycles. The molecule has 2 aromatic heterocycles. The van der Waals surface area contributed by atoms with Crippen LogP contribution in [-0.4, -0.2) is 27.0 Å². The van der Waals surface area contributed by atoms with Gasteiger partial charge in [-0.05, 0) is 0 Å². The van der Waals surface area contributed by atoms with Gasteiger partial charge in [0.25, 0.3) is 0 Å². The molecule has 2 aromatic rings. The summed E-state index contributed by atoms with van der Waals surface area (Å²) in [6, 6.07) is 2.71. The second-order valence-corrected chi connectivity index (χ2v) is 2.67. The van der Waals surface area contributed by atoms with Gasteiger partial charge in [0.05, 0.1) is 12.3 Å². The maximum Gasteiger partial charge on any atom is 0.434 e. The van der Waals surface area contributed by atoms with Crippen molar-refractivity contribution in [3.05, 3.63) is 28.4 Å². The first-order valence-electron chi connectivity index (χ1n) is 4.05. The molecule has 0 aliphatic heterocycles. The Morgan fingerprint density at radius 1 is 1.60 bits per heavy atom. The summed E-state index contributed by atoms with van der Waals surface area (Å²) in [7, 11) is 1.69. The topological polar surface area (TPSA) is 99.0 Å². The van der Waals surface area contributed by atoms with Gasteiger partial charge < -0.3 is 9.73 Å². The van der Waals surface area contributed by atoms with Crippen molar-refractivity contribution in [2.24, 2.45) is 0 Å². The highest BCUT2D eigenvalue weighted by Crippen LogP contribution is 2.18. The first-order valence-corrected chi connectivity index (χ1v) is 4.05. The van der Waals surface area contributed by atoms with Crippen LogP contribution >= 0.6 is 0 Å². The lowest BCUT2D eigenvalue weighted by Gasteiger charge is -1.90. The lowest BCUT2D eigenvalue weighted by atomic mass is 10.6. The van der Waals surface area contributed by atoms with Crippen LogP contribution in [-0.2, 0) is 0 Å². The SMILES string of the molecule is CNc1cn(-c2ccc([N+](=O)[O-])o2)nn1. The standard InChI is InChI=1S/C7H7N5O3/c1-8-5-4-11(10-9-5)6-2-3-7(15-6)12(13)14/h2-4,8H,1H3. The fraction of sp³-hybridized carbons (Fsp3) is 0.143. The molecule has 8 heteroatoms. The van der Waals surface area contributed by atoms with Gasteiger partial charge in [-0.1, -0.05) is 5.21 Å². The summed E-state index contributed by atoms with van der Waals surface area (Å²) in [6.45, 7) is 0. The molecule has 15 heavy (non-hydrogen) atoms. The van der Waals surface area contributed by atoms with Gasteiger partial charge in [-0.15, -0.1) is 5.10 Å². The molecule has 0 saturated heterocycles. The van der Waals surface area contributed by atoms with E-state index >= 15 is 0 Å². The van der Waals surface area contributed by atoms with E-state index in [0.717, 1.165) is 0 Å². The van der Waals surface area contributed by atoms with Crippen molar-refractivity contribution in [2.75, 3.05) is 12.4 Å². The van der Waals surface area contributed by atoms with E-state index in [1.165, 1.54) is 16.8 Å². The Balaban J connectivity index is 2.32. The maximum atomic E-state index is 10.4. The number of nitrogens with zero attached hydrogens (tertiary/aromatic N) is 4. The van der Waals surface area contributed by atoms with E-state index in [4.69, 9.17) is 4.42 Å². The normalized spacial score (nSPS) is 10.2. The van der Waals surface area contributed by atoms with Gasteiger partial charge in [-0.3, -0.25) is 10.1 Å². The number of nitrogens with one attached hydrogen (secondary N) is 1. The van der Waals surface area contributed by atoms with Gasteiger partial charge in [0.1, 0.15) is 4.92 Å². The number of rotatable bonds is 3. The van der Waals surface area contributed by atoms with Crippen LogP contribution in [0.4, 0.5) is 11.7 Å². The number of anilines is 1. The van der Waals surface area contributed by atoms with Crippen molar-refractivity contribution < 1.29 is 9.34 Å². The van der Waals surface area contributed by atoms with Crippen LogP contribution in [0.25, 0.3) is 5.88 Å². The minimum absolute atomic E-state index is 0.246. The van der Waals surface area contributed by atoms with Crippen molar-refractivity contribution >= 4 is 11.7 Å². The van der Waals surface area contributed by atoms with Crippen LogP contribution in [0.2, 0.25) is 0 Å². The molecule has 0 amide bonds. The largest absolute Gasteiger partial charge is 0.434 e. The highest BCUT2D eigenvalue weighted by Gasteiger charge is 2.13. The number of hydrogen-bond donors (Lipinski definition) is 1. The molecule has 0 bridgehead atoms. The Morgan fingerprint density at radius 2 is 2.40 bits per heavy atom. The Labute approximate surface area is 83.6 Å². The van der Waals surface area contributed by atoms with Crippen LogP contribution in [0, 0.1) is 10.1 Å². The summed E-state index contributed by atoms with van der Waals surface area (Å²) in [5, 5.41) is 20.6. The fourth-order valence-corrected chi connectivity index (χ4v) is 1.03. The van der Waals surface area contributed by atoms with Crippen molar-refractivity contribution in [1.29, 1.82) is 0 Å². The minimum Gasteiger partial charge on any atom is -0.382 e. The number of furan rings is 1. The summed E-state index contributed by atoms with van der Waals surface area (Å²) in [6.07, 6.45) is 1.56. The van der Waals surface area contributed by atoms with E-state index in [-0.39, 0.29) is 11.8 Å². The van der Waals surface area contributed by atoms with Crippen molar-refractivity contribution in [3.63, 3.8) is 0 Å². The highest BCUT2D eigenvalue weighted by molar-refractivity contribution is 5.33. The monoisotopic (exact) mass is 209 g/mol. The average Bonchev–Trinajstić information content (AvgIpc) is 2.86. The van der Waals surface area contributed by atoms with Crippen LogP contribution in [0.15, 0.2) is 22.7 Å². The smallest absolute Gasteiger partial charge is 0.382 e. The molecule has 0 unspecified atom stereocenters. The van der Waals surface area contributed by atoms with E-state index < -0.39 is 4.92 Å². The lowest BCUT2D eigenvalue weighted by Crippen LogP contribution is -1.92. The lowest BCUT2D eigenvalue weighted by molar-refractivity contribution is -0.402. The second kappa shape index (κ2) is 3.40. The zero-order valence-corrected chi connectivity index (χ0v) is 7.75. The van der Waals surface area contributed by atoms with Gasteiger partial charge in [0.2, 0.25) is 5.88 Å². The molecule has 2 heterocycles. The third kappa shape index (κ3) is 1.64. The molecular formula is C7H7N5O3.